The molecule has 0 aliphatic heterocycles. The molecule has 2 heterocycles. The van der Waals surface area contributed by atoms with Gasteiger partial charge in [0.2, 0.25) is 0 Å². The smallest absolute Gasteiger partial charge is 0.0462 e. The molecular weight excluding hydrogens is 571 g/mol. The van der Waals surface area contributed by atoms with Gasteiger partial charge in [-0.05, 0) is 115 Å². The second kappa shape index (κ2) is 11.2. The van der Waals surface area contributed by atoms with Crippen molar-refractivity contribution in [2.75, 3.05) is 4.90 Å². The zero-order chi connectivity index (χ0) is 31.2. The maximum atomic E-state index is 4.31. The molecule has 1 aliphatic rings. The van der Waals surface area contributed by atoms with E-state index >= 15 is 0 Å². The quantitative estimate of drug-likeness (QED) is 0.190. The highest BCUT2D eigenvalue weighted by Crippen LogP contribution is 2.49. The van der Waals surface area contributed by atoms with Gasteiger partial charge in [-0.2, -0.15) is 0 Å². The van der Waals surface area contributed by atoms with Crippen molar-refractivity contribution in [2.45, 2.75) is 0 Å². The Labute approximate surface area is 274 Å². The summed E-state index contributed by atoms with van der Waals surface area (Å²) in [6, 6.07) is 54.5. The lowest BCUT2D eigenvalue weighted by molar-refractivity contribution is 1.28. The van der Waals surface area contributed by atoms with E-state index in [4.69, 9.17) is 0 Å². The molecule has 0 amide bonds. The number of fused-ring (bicyclic) bond motifs is 3. The third-order valence-electron chi connectivity index (χ3n) is 9.23. The van der Waals surface area contributed by atoms with Crippen LogP contribution in [0.25, 0.3) is 66.4 Å². The van der Waals surface area contributed by atoms with Crippen LogP contribution in [0.3, 0.4) is 0 Å². The Morgan fingerprint density at radius 2 is 0.787 bits per heavy atom. The third kappa shape index (κ3) is 4.68. The van der Waals surface area contributed by atoms with Crippen molar-refractivity contribution in [2.24, 2.45) is 0 Å². The first-order valence-electron chi connectivity index (χ1n) is 15.9. The van der Waals surface area contributed by atoms with Crippen molar-refractivity contribution in [3.63, 3.8) is 0 Å². The molecule has 0 saturated heterocycles. The summed E-state index contributed by atoms with van der Waals surface area (Å²) in [7, 11) is 0. The summed E-state index contributed by atoms with van der Waals surface area (Å²) < 4.78 is 0. The standard InChI is InChI=1S/C44H29N3/c1-2-9-40-39(8-1)42-11-3-10-41-38(24-25-43(40)44(41)42)32-16-22-37(23-17-32)47(35-18-12-30(13-19-35)33-6-4-26-45-28-33)36-20-14-31(15-21-36)34-7-5-27-46-29-34/h1-29H. The van der Waals surface area contributed by atoms with Crippen LogP contribution in [0.5, 0.6) is 0 Å². The van der Waals surface area contributed by atoms with Gasteiger partial charge in [0, 0.05) is 41.8 Å². The van der Waals surface area contributed by atoms with Gasteiger partial charge in [-0.3, -0.25) is 9.97 Å². The molecule has 3 heteroatoms. The number of aromatic nitrogens is 2. The van der Waals surface area contributed by atoms with Crippen molar-refractivity contribution in [3.8, 4) is 55.6 Å². The Hall–Kier alpha value is -6.32. The molecule has 3 nitrogen and oxygen atoms in total. The average Bonchev–Trinajstić information content (AvgIpc) is 3.48. The molecular formula is C44H29N3. The summed E-state index contributed by atoms with van der Waals surface area (Å²) in [5.74, 6) is 0. The van der Waals surface area contributed by atoms with Crippen molar-refractivity contribution >= 4 is 27.8 Å². The minimum absolute atomic E-state index is 1.09. The molecule has 1 aliphatic carbocycles. The Kier molecular flexibility index (Phi) is 6.46. The van der Waals surface area contributed by atoms with E-state index in [0.717, 1.165) is 39.3 Å². The molecule has 0 saturated carbocycles. The summed E-state index contributed by atoms with van der Waals surface area (Å²) in [6.45, 7) is 0. The van der Waals surface area contributed by atoms with Crippen molar-refractivity contribution < 1.29 is 0 Å². The lowest BCUT2D eigenvalue weighted by atomic mass is 9.94. The highest BCUT2D eigenvalue weighted by Gasteiger charge is 2.22. The van der Waals surface area contributed by atoms with Crippen molar-refractivity contribution in [1.29, 1.82) is 0 Å². The van der Waals surface area contributed by atoms with E-state index in [9.17, 15) is 0 Å². The summed E-state index contributed by atoms with van der Waals surface area (Å²) in [4.78, 5) is 10.9. The summed E-state index contributed by atoms with van der Waals surface area (Å²) in [5.41, 5.74) is 15.5. The van der Waals surface area contributed by atoms with Crippen LogP contribution in [-0.4, -0.2) is 9.97 Å². The molecule has 0 atom stereocenters. The van der Waals surface area contributed by atoms with Gasteiger partial charge in [0.1, 0.15) is 0 Å². The third-order valence-corrected chi connectivity index (χ3v) is 9.23. The molecule has 0 N–H and O–H groups in total. The maximum Gasteiger partial charge on any atom is 0.0462 e. The molecule has 220 valence electrons. The molecule has 0 radical (unpaired) electrons. The lowest BCUT2D eigenvalue weighted by Crippen LogP contribution is -2.09. The van der Waals surface area contributed by atoms with Gasteiger partial charge in [-0.1, -0.05) is 103 Å². The number of rotatable bonds is 6. The minimum atomic E-state index is 1.09. The zero-order valence-electron chi connectivity index (χ0n) is 25.6. The van der Waals surface area contributed by atoms with E-state index in [2.05, 4.69) is 154 Å². The van der Waals surface area contributed by atoms with Gasteiger partial charge < -0.3 is 4.90 Å². The van der Waals surface area contributed by atoms with Crippen molar-refractivity contribution in [3.05, 3.63) is 176 Å². The van der Waals surface area contributed by atoms with Gasteiger partial charge in [0.25, 0.3) is 0 Å². The Bertz CT molecular complexity index is 2250. The summed E-state index contributed by atoms with van der Waals surface area (Å²) in [5, 5.41) is 2.64. The fourth-order valence-electron chi connectivity index (χ4n) is 6.97. The fourth-order valence-corrected chi connectivity index (χ4v) is 6.97. The summed E-state index contributed by atoms with van der Waals surface area (Å²) in [6.07, 6.45) is 7.42. The largest absolute Gasteiger partial charge is 0.311 e. The summed E-state index contributed by atoms with van der Waals surface area (Å²) >= 11 is 0. The molecule has 0 spiro atoms. The van der Waals surface area contributed by atoms with Crippen LogP contribution in [0.1, 0.15) is 0 Å². The molecule has 0 unspecified atom stereocenters. The topological polar surface area (TPSA) is 29.0 Å². The number of pyridine rings is 2. The Morgan fingerprint density at radius 3 is 1.30 bits per heavy atom. The highest BCUT2D eigenvalue weighted by atomic mass is 15.1. The molecule has 47 heavy (non-hydrogen) atoms. The van der Waals surface area contributed by atoms with E-state index in [0.29, 0.717) is 0 Å². The predicted molar refractivity (Wildman–Crippen MR) is 195 cm³/mol. The minimum Gasteiger partial charge on any atom is -0.311 e. The van der Waals surface area contributed by atoms with Crippen LogP contribution in [0.4, 0.5) is 17.1 Å². The normalized spacial score (nSPS) is 11.4. The molecule has 0 bridgehead atoms. The van der Waals surface area contributed by atoms with Crippen LogP contribution >= 0.6 is 0 Å². The first kappa shape index (κ1) is 27.0. The maximum absolute atomic E-state index is 4.31. The molecule has 6 aromatic carbocycles. The second-order valence-electron chi connectivity index (χ2n) is 11.9. The predicted octanol–water partition coefficient (Wildman–Crippen LogP) is 11.7. The SMILES string of the molecule is c1cncc(-c2ccc(N(c3ccc(-c4cccnc4)cc3)c3ccc(-c4ccc5c6c(cccc46)-c4ccccc4-5)cc3)cc2)c1. The zero-order valence-corrected chi connectivity index (χ0v) is 25.6. The Morgan fingerprint density at radius 1 is 0.319 bits per heavy atom. The lowest BCUT2D eigenvalue weighted by Gasteiger charge is -2.26. The van der Waals surface area contributed by atoms with Gasteiger partial charge in [0.15, 0.2) is 0 Å². The molecule has 8 aromatic rings. The van der Waals surface area contributed by atoms with E-state index in [1.807, 2.05) is 24.5 Å². The number of benzene rings is 6. The number of anilines is 3. The van der Waals surface area contributed by atoms with Gasteiger partial charge in [-0.15, -0.1) is 0 Å². The highest BCUT2D eigenvalue weighted by molar-refractivity contribution is 6.18. The average molecular weight is 600 g/mol. The van der Waals surface area contributed by atoms with E-state index in [1.54, 1.807) is 12.4 Å². The van der Waals surface area contributed by atoms with E-state index in [1.165, 1.54) is 44.2 Å². The number of hydrogen-bond donors (Lipinski definition) is 0. The fraction of sp³-hybridized carbons (Fsp3) is 0. The second-order valence-corrected chi connectivity index (χ2v) is 11.9. The van der Waals surface area contributed by atoms with Crippen LogP contribution in [0.2, 0.25) is 0 Å². The number of hydrogen-bond acceptors (Lipinski definition) is 3. The van der Waals surface area contributed by atoms with Crippen LogP contribution in [0.15, 0.2) is 176 Å². The van der Waals surface area contributed by atoms with Crippen LogP contribution in [0, 0.1) is 0 Å². The van der Waals surface area contributed by atoms with Gasteiger partial charge in [-0.25, -0.2) is 0 Å². The first-order valence-corrected chi connectivity index (χ1v) is 15.9. The molecule has 9 rings (SSSR count). The number of nitrogens with zero attached hydrogens (tertiary/aromatic N) is 3. The van der Waals surface area contributed by atoms with Gasteiger partial charge in [0.05, 0.1) is 0 Å². The van der Waals surface area contributed by atoms with Crippen molar-refractivity contribution in [1.82, 2.24) is 9.97 Å². The van der Waals surface area contributed by atoms with Crippen LogP contribution in [-0.2, 0) is 0 Å². The Balaban J connectivity index is 1.12. The van der Waals surface area contributed by atoms with Gasteiger partial charge >= 0.3 is 0 Å². The van der Waals surface area contributed by atoms with Crippen LogP contribution < -0.4 is 4.90 Å². The van der Waals surface area contributed by atoms with E-state index < -0.39 is 0 Å². The first-order chi connectivity index (χ1) is 23.3. The van der Waals surface area contributed by atoms with E-state index in [-0.39, 0.29) is 0 Å². The molecule has 0 fully saturated rings. The monoisotopic (exact) mass is 599 g/mol. The molecule has 2 aromatic heterocycles.